The van der Waals surface area contributed by atoms with E-state index >= 15 is 0 Å². The zero-order valence-corrected chi connectivity index (χ0v) is 25.5. The lowest BCUT2D eigenvalue weighted by molar-refractivity contribution is 0.669. The number of fused-ring (bicyclic) bond motifs is 5. The summed E-state index contributed by atoms with van der Waals surface area (Å²) in [5.74, 6) is 1.60. The first-order valence-electron chi connectivity index (χ1n) is 15.9. The van der Waals surface area contributed by atoms with Gasteiger partial charge in [0, 0.05) is 21.9 Å². The Morgan fingerprint density at radius 1 is 0.426 bits per heavy atom. The highest BCUT2D eigenvalue weighted by atomic mass is 16.3. The highest BCUT2D eigenvalue weighted by Crippen LogP contribution is 2.37. The Balaban J connectivity index is 1.10. The topological polar surface area (TPSA) is 49.9 Å². The summed E-state index contributed by atoms with van der Waals surface area (Å²) in [5.41, 5.74) is 9.37. The Morgan fingerprint density at radius 3 is 1.81 bits per heavy atom. The third kappa shape index (κ3) is 4.97. The maximum absolute atomic E-state index is 6.38. The van der Waals surface area contributed by atoms with Gasteiger partial charge in [0.2, 0.25) is 0 Å². The molecule has 2 heterocycles. The fourth-order valence-electron chi connectivity index (χ4n) is 6.54. The van der Waals surface area contributed by atoms with Crippen molar-refractivity contribution in [1.82, 2.24) is 5.32 Å². The molecule has 1 aliphatic rings. The molecule has 4 nitrogen and oxygen atoms in total. The maximum Gasteiger partial charge on any atom is 0.169 e. The Bertz CT molecular complexity index is 2480. The smallest absolute Gasteiger partial charge is 0.169 e. The van der Waals surface area contributed by atoms with Crippen LogP contribution in [0.2, 0.25) is 0 Å². The fourth-order valence-corrected chi connectivity index (χ4v) is 6.54. The van der Waals surface area contributed by atoms with Gasteiger partial charge in [0.1, 0.15) is 22.8 Å². The van der Waals surface area contributed by atoms with Gasteiger partial charge in [0.25, 0.3) is 0 Å². The number of hydrogen-bond donors (Lipinski definition) is 1. The van der Waals surface area contributed by atoms with Gasteiger partial charge in [-0.05, 0) is 62.9 Å². The second kappa shape index (κ2) is 11.3. The van der Waals surface area contributed by atoms with Gasteiger partial charge >= 0.3 is 0 Å². The lowest BCUT2D eigenvalue weighted by atomic mass is 9.99. The van der Waals surface area contributed by atoms with Gasteiger partial charge in [-0.15, -0.1) is 0 Å². The predicted octanol–water partition coefficient (Wildman–Crippen LogP) is 10.6. The fraction of sp³-hybridized carbons (Fsp3) is 0.0233. The van der Waals surface area contributed by atoms with E-state index in [1.807, 2.05) is 24.3 Å². The molecule has 7 aromatic carbocycles. The number of aliphatic imine (C=N–C) groups is 2. The van der Waals surface area contributed by atoms with E-state index < -0.39 is 6.17 Å². The molecule has 9 rings (SSSR count). The molecule has 1 aromatic heterocycles. The molecule has 0 saturated heterocycles. The molecule has 1 aliphatic heterocycles. The minimum atomic E-state index is -0.406. The van der Waals surface area contributed by atoms with Crippen molar-refractivity contribution in [2.75, 3.05) is 0 Å². The summed E-state index contributed by atoms with van der Waals surface area (Å²) < 4.78 is 6.38. The van der Waals surface area contributed by atoms with Crippen LogP contribution in [0.1, 0.15) is 22.9 Å². The van der Waals surface area contributed by atoms with E-state index in [-0.39, 0.29) is 0 Å². The lowest BCUT2D eigenvalue weighted by Crippen LogP contribution is -2.36. The molecule has 4 heteroatoms. The van der Waals surface area contributed by atoms with Gasteiger partial charge in [-0.2, -0.15) is 0 Å². The summed E-state index contributed by atoms with van der Waals surface area (Å²) in [6.07, 6.45) is -0.406. The van der Waals surface area contributed by atoms with Crippen LogP contribution < -0.4 is 5.32 Å². The normalized spacial score (nSPS) is 14.6. The number of hydrogen-bond acceptors (Lipinski definition) is 4. The van der Waals surface area contributed by atoms with Crippen molar-refractivity contribution < 1.29 is 4.42 Å². The van der Waals surface area contributed by atoms with Gasteiger partial charge in [-0.25, -0.2) is 9.98 Å². The molecular weight excluding hydrogens is 574 g/mol. The van der Waals surface area contributed by atoms with Crippen molar-refractivity contribution in [1.29, 1.82) is 0 Å². The molecule has 1 N–H and O–H groups in total. The Morgan fingerprint density at radius 2 is 1.02 bits per heavy atom. The van der Waals surface area contributed by atoms with Crippen LogP contribution in [0, 0.1) is 0 Å². The van der Waals surface area contributed by atoms with E-state index in [2.05, 4.69) is 145 Å². The Kier molecular flexibility index (Phi) is 6.50. The monoisotopic (exact) mass is 603 g/mol. The standard InChI is InChI=1S/C43H29N3O/c1-3-10-28(11-4-1)29-18-20-32(21-19-29)42-44-41(31-13-5-2-6-14-31)45-43(46-42)35-16-9-15-33(26-35)34-22-24-37-39(27-34)47-38-25-23-30-12-7-8-17-36(30)40(37)38/h1-27,43H,(H,44,45,46). The molecule has 1 atom stereocenters. The van der Waals surface area contributed by atoms with Crippen LogP contribution in [0.5, 0.6) is 0 Å². The zero-order chi connectivity index (χ0) is 31.2. The van der Waals surface area contributed by atoms with Crippen LogP contribution in [0.15, 0.2) is 178 Å². The van der Waals surface area contributed by atoms with Gasteiger partial charge in [-0.3, -0.25) is 0 Å². The summed E-state index contributed by atoms with van der Waals surface area (Å²) in [5, 5.41) is 8.23. The summed E-state index contributed by atoms with van der Waals surface area (Å²) in [4.78, 5) is 10.2. The Labute approximate surface area is 272 Å². The van der Waals surface area contributed by atoms with E-state index in [1.54, 1.807) is 0 Å². The van der Waals surface area contributed by atoms with Crippen molar-refractivity contribution >= 4 is 44.4 Å². The summed E-state index contributed by atoms with van der Waals surface area (Å²) >= 11 is 0. The van der Waals surface area contributed by atoms with Crippen LogP contribution in [-0.2, 0) is 0 Å². The molecule has 0 fully saturated rings. The second-order valence-corrected chi connectivity index (χ2v) is 11.9. The highest BCUT2D eigenvalue weighted by Gasteiger charge is 2.21. The molecule has 1 unspecified atom stereocenters. The SMILES string of the molecule is c1ccc(C2=NC(c3cccc(-c4ccc5c(c4)oc4ccc6ccccc6c45)c3)N=C(c3ccc(-c4ccccc4)cc3)N2)cc1. The van der Waals surface area contributed by atoms with Crippen LogP contribution in [0.4, 0.5) is 0 Å². The molecule has 0 radical (unpaired) electrons. The van der Waals surface area contributed by atoms with E-state index in [9.17, 15) is 0 Å². The molecule has 8 aromatic rings. The van der Waals surface area contributed by atoms with E-state index in [1.165, 1.54) is 21.9 Å². The van der Waals surface area contributed by atoms with E-state index in [4.69, 9.17) is 14.4 Å². The van der Waals surface area contributed by atoms with Crippen LogP contribution in [-0.4, -0.2) is 11.7 Å². The third-order valence-corrected chi connectivity index (χ3v) is 8.93. The van der Waals surface area contributed by atoms with Crippen LogP contribution >= 0.6 is 0 Å². The van der Waals surface area contributed by atoms with Gasteiger partial charge in [0.15, 0.2) is 6.17 Å². The largest absolute Gasteiger partial charge is 0.456 e. The third-order valence-electron chi connectivity index (χ3n) is 8.93. The van der Waals surface area contributed by atoms with Gasteiger partial charge in [-0.1, -0.05) is 140 Å². The molecule has 0 aliphatic carbocycles. The van der Waals surface area contributed by atoms with Crippen molar-refractivity contribution in [3.05, 3.63) is 180 Å². The molecule has 0 bridgehead atoms. The first kappa shape index (κ1) is 27.1. The molecule has 47 heavy (non-hydrogen) atoms. The number of benzene rings is 7. The van der Waals surface area contributed by atoms with E-state index in [0.29, 0.717) is 0 Å². The van der Waals surface area contributed by atoms with E-state index in [0.717, 1.165) is 61.4 Å². The average molecular weight is 604 g/mol. The number of rotatable bonds is 5. The molecular formula is C43H29N3O. The summed E-state index contributed by atoms with van der Waals surface area (Å²) in [6, 6.07) is 56.9. The highest BCUT2D eigenvalue weighted by molar-refractivity contribution is 6.19. The molecule has 0 spiro atoms. The first-order valence-corrected chi connectivity index (χ1v) is 15.9. The number of nitrogens with zero attached hydrogens (tertiary/aromatic N) is 2. The van der Waals surface area contributed by atoms with Crippen molar-refractivity contribution in [3.63, 3.8) is 0 Å². The number of nitrogens with one attached hydrogen (secondary N) is 1. The van der Waals surface area contributed by atoms with Crippen LogP contribution in [0.3, 0.4) is 0 Å². The van der Waals surface area contributed by atoms with Crippen molar-refractivity contribution in [3.8, 4) is 22.3 Å². The lowest BCUT2D eigenvalue weighted by Gasteiger charge is -2.23. The van der Waals surface area contributed by atoms with Gasteiger partial charge < -0.3 is 9.73 Å². The zero-order valence-electron chi connectivity index (χ0n) is 25.5. The summed E-state index contributed by atoms with van der Waals surface area (Å²) in [7, 11) is 0. The minimum absolute atomic E-state index is 0.406. The number of amidine groups is 2. The Hall–Kier alpha value is -6.26. The molecule has 0 saturated carbocycles. The van der Waals surface area contributed by atoms with Crippen molar-refractivity contribution in [2.24, 2.45) is 9.98 Å². The quantitative estimate of drug-likeness (QED) is 0.213. The van der Waals surface area contributed by atoms with Gasteiger partial charge in [0.05, 0.1) is 0 Å². The molecule has 222 valence electrons. The first-order chi connectivity index (χ1) is 23.3. The average Bonchev–Trinajstić information content (AvgIpc) is 3.54. The maximum atomic E-state index is 6.38. The van der Waals surface area contributed by atoms with Crippen LogP contribution in [0.25, 0.3) is 55.0 Å². The van der Waals surface area contributed by atoms with Crippen molar-refractivity contribution in [2.45, 2.75) is 6.17 Å². The second-order valence-electron chi connectivity index (χ2n) is 11.9. The minimum Gasteiger partial charge on any atom is -0.456 e. The summed E-state index contributed by atoms with van der Waals surface area (Å²) in [6.45, 7) is 0. The predicted molar refractivity (Wildman–Crippen MR) is 194 cm³/mol. The molecule has 0 amide bonds. The number of furan rings is 1.